The summed E-state index contributed by atoms with van der Waals surface area (Å²) in [5.41, 5.74) is 2.18. The number of nitrogens with one attached hydrogen (secondary N) is 2. The van der Waals surface area contributed by atoms with Crippen molar-refractivity contribution < 1.29 is 19.0 Å². The minimum absolute atomic E-state index is 0.243. The number of carbonyl (C=O) groups is 1. The van der Waals surface area contributed by atoms with E-state index in [2.05, 4.69) is 15.6 Å². The summed E-state index contributed by atoms with van der Waals surface area (Å²) < 4.78 is 15.6. The van der Waals surface area contributed by atoms with Gasteiger partial charge in [-0.1, -0.05) is 12.1 Å². The van der Waals surface area contributed by atoms with Crippen LogP contribution in [0.15, 0.2) is 60.8 Å². The van der Waals surface area contributed by atoms with E-state index in [0.29, 0.717) is 35.1 Å². The third-order valence-electron chi connectivity index (χ3n) is 4.30. The first kappa shape index (κ1) is 20.0. The van der Waals surface area contributed by atoms with Crippen molar-refractivity contribution in [2.24, 2.45) is 0 Å². The van der Waals surface area contributed by atoms with Crippen molar-refractivity contribution >= 4 is 17.4 Å². The number of nitrogens with zero attached hydrogens (tertiary/aromatic N) is 1. The molecule has 0 radical (unpaired) electrons. The molecule has 0 aliphatic heterocycles. The number of hydrogen-bond acceptors (Lipinski definition) is 6. The highest BCUT2D eigenvalue weighted by molar-refractivity contribution is 6.04. The van der Waals surface area contributed by atoms with Gasteiger partial charge >= 0.3 is 0 Å². The number of rotatable bonds is 8. The van der Waals surface area contributed by atoms with Gasteiger partial charge in [0.2, 0.25) is 0 Å². The van der Waals surface area contributed by atoms with Crippen LogP contribution in [0, 0.1) is 0 Å². The van der Waals surface area contributed by atoms with Gasteiger partial charge in [-0.25, -0.2) is 4.98 Å². The van der Waals surface area contributed by atoms with Gasteiger partial charge < -0.3 is 24.8 Å². The number of ether oxygens (including phenoxy) is 3. The zero-order valence-corrected chi connectivity index (χ0v) is 16.6. The van der Waals surface area contributed by atoms with E-state index in [1.54, 1.807) is 57.9 Å². The molecular formula is C22H23N3O4. The molecule has 29 heavy (non-hydrogen) atoms. The Kier molecular flexibility index (Phi) is 6.52. The molecule has 0 unspecified atom stereocenters. The fourth-order valence-electron chi connectivity index (χ4n) is 2.72. The molecule has 3 aromatic rings. The average Bonchev–Trinajstić information content (AvgIpc) is 2.78. The van der Waals surface area contributed by atoms with Crippen LogP contribution in [0.5, 0.6) is 17.2 Å². The maximum Gasteiger partial charge on any atom is 0.255 e. The Balaban J connectivity index is 1.65. The number of methoxy groups -OCH3 is 3. The van der Waals surface area contributed by atoms with Crippen LogP contribution in [0.2, 0.25) is 0 Å². The predicted octanol–water partition coefficient (Wildman–Crippen LogP) is 3.97. The van der Waals surface area contributed by atoms with E-state index in [4.69, 9.17) is 14.2 Å². The molecule has 1 heterocycles. The van der Waals surface area contributed by atoms with Gasteiger partial charge in [0.25, 0.3) is 5.91 Å². The van der Waals surface area contributed by atoms with E-state index in [0.717, 1.165) is 11.3 Å². The van der Waals surface area contributed by atoms with Crippen molar-refractivity contribution in [3.8, 4) is 17.2 Å². The van der Waals surface area contributed by atoms with Crippen LogP contribution in [0.4, 0.5) is 11.5 Å². The molecule has 7 heteroatoms. The van der Waals surface area contributed by atoms with Crippen molar-refractivity contribution in [3.05, 3.63) is 71.9 Å². The van der Waals surface area contributed by atoms with Gasteiger partial charge in [-0.3, -0.25) is 4.79 Å². The lowest BCUT2D eigenvalue weighted by Gasteiger charge is -2.11. The van der Waals surface area contributed by atoms with E-state index >= 15 is 0 Å². The first-order valence-electron chi connectivity index (χ1n) is 8.99. The highest BCUT2D eigenvalue weighted by Gasteiger charge is 2.10. The predicted molar refractivity (Wildman–Crippen MR) is 112 cm³/mol. The Morgan fingerprint density at radius 1 is 0.897 bits per heavy atom. The van der Waals surface area contributed by atoms with E-state index in [-0.39, 0.29) is 5.91 Å². The van der Waals surface area contributed by atoms with Crippen molar-refractivity contribution in [2.75, 3.05) is 32.0 Å². The smallest absolute Gasteiger partial charge is 0.255 e. The zero-order valence-electron chi connectivity index (χ0n) is 16.6. The van der Waals surface area contributed by atoms with Crippen LogP contribution in [0.1, 0.15) is 15.9 Å². The SMILES string of the molecule is COc1ccc(CNc2cc(C(=O)Nc3ccc(OC)c(OC)c3)ccn2)cc1. The molecule has 3 rings (SSSR count). The number of aromatic nitrogens is 1. The Morgan fingerprint density at radius 3 is 2.34 bits per heavy atom. The van der Waals surface area contributed by atoms with Crippen molar-refractivity contribution in [1.29, 1.82) is 0 Å². The first-order valence-corrected chi connectivity index (χ1v) is 8.99. The monoisotopic (exact) mass is 393 g/mol. The molecule has 0 fully saturated rings. The minimum Gasteiger partial charge on any atom is -0.497 e. The van der Waals surface area contributed by atoms with Crippen LogP contribution in [0.3, 0.4) is 0 Å². The topological polar surface area (TPSA) is 81.7 Å². The Morgan fingerprint density at radius 2 is 1.66 bits per heavy atom. The Hall–Kier alpha value is -3.74. The number of benzene rings is 2. The maximum atomic E-state index is 12.6. The largest absolute Gasteiger partial charge is 0.497 e. The van der Waals surface area contributed by atoms with Crippen LogP contribution < -0.4 is 24.8 Å². The van der Waals surface area contributed by atoms with Gasteiger partial charge in [0, 0.05) is 30.1 Å². The second kappa shape index (κ2) is 9.45. The zero-order chi connectivity index (χ0) is 20.6. The fraction of sp³-hybridized carbons (Fsp3) is 0.182. The summed E-state index contributed by atoms with van der Waals surface area (Å²) in [7, 11) is 4.75. The molecule has 0 aliphatic rings. The second-order valence-electron chi connectivity index (χ2n) is 6.16. The highest BCUT2D eigenvalue weighted by atomic mass is 16.5. The van der Waals surface area contributed by atoms with Gasteiger partial charge in [0.05, 0.1) is 21.3 Å². The summed E-state index contributed by atoms with van der Waals surface area (Å²) in [5, 5.41) is 6.08. The summed E-state index contributed by atoms with van der Waals surface area (Å²) in [4.78, 5) is 16.9. The Bertz CT molecular complexity index is 974. The van der Waals surface area contributed by atoms with Gasteiger partial charge in [0.1, 0.15) is 11.6 Å². The van der Waals surface area contributed by atoms with E-state index < -0.39 is 0 Å². The number of pyridine rings is 1. The van der Waals surface area contributed by atoms with E-state index in [1.807, 2.05) is 24.3 Å². The molecular weight excluding hydrogens is 370 g/mol. The van der Waals surface area contributed by atoms with Crippen molar-refractivity contribution in [1.82, 2.24) is 4.98 Å². The fourth-order valence-corrected chi connectivity index (χ4v) is 2.72. The molecule has 2 N–H and O–H groups in total. The normalized spacial score (nSPS) is 10.2. The molecule has 0 saturated heterocycles. The first-order chi connectivity index (χ1) is 14.1. The third kappa shape index (κ3) is 5.16. The second-order valence-corrected chi connectivity index (χ2v) is 6.16. The lowest BCUT2D eigenvalue weighted by molar-refractivity contribution is 0.102. The molecule has 2 aromatic carbocycles. The van der Waals surface area contributed by atoms with Crippen LogP contribution in [-0.4, -0.2) is 32.2 Å². The van der Waals surface area contributed by atoms with Crippen LogP contribution in [-0.2, 0) is 6.54 Å². The molecule has 0 spiro atoms. The van der Waals surface area contributed by atoms with Gasteiger partial charge in [-0.05, 0) is 42.0 Å². The van der Waals surface area contributed by atoms with E-state index in [9.17, 15) is 4.79 Å². The summed E-state index contributed by atoms with van der Waals surface area (Å²) in [6.07, 6.45) is 1.60. The minimum atomic E-state index is -0.243. The lowest BCUT2D eigenvalue weighted by atomic mass is 10.2. The number of hydrogen-bond donors (Lipinski definition) is 2. The number of amides is 1. The summed E-state index contributed by atoms with van der Waals surface area (Å²) >= 11 is 0. The number of anilines is 2. The average molecular weight is 393 g/mol. The van der Waals surface area contributed by atoms with Gasteiger partial charge in [-0.15, -0.1) is 0 Å². The van der Waals surface area contributed by atoms with Crippen LogP contribution in [0.25, 0.3) is 0 Å². The third-order valence-corrected chi connectivity index (χ3v) is 4.30. The molecule has 0 aliphatic carbocycles. The Labute approximate surface area is 169 Å². The van der Waals surface area contributed by atoms with Gasteiger partial charge in [-0.2, -0.15) is 0 Å². The molecule has 1 amide bonds. The van der Waals surface area contributed by atoms with Gasteiger partial charge in [0.15, 0.2) is 11.5 Å². The standard InChI is InChI=1S/C22H23N3O4/c1-27-18-7-4-15(5-8-18)14-24-21-12-16(10-11-23-21)22(26)25-17-6-9-19(28-2)20(13-17)29-3/h4-13H,14H2,1-3H3,(H,23,24)(H,25,26). The molecule has 0 atom stereocenters. The molecule has 1 aromatic heterocycles. The summed E-state index contributed by atoms with van der Waals surface area (Å²) in [5.74, 6) is 2.31. The number of carbonyl (C=O) groups excluding carboxylic acids is 1. The molecule has 0 saturated carbocycles. The van der Waals surface area contributed by atoms with Crippen molar-refractivity contribution in [3.63, 3.8) is 0 Å². The maximum absolute atomic E-state index is 12.6. The quantitative estimate of drug-likeness (QED) is 0.603. The van der Waals surface area contributed by atoms with Crippen molar-refractivity contribution in [2.45, 2.75) is 6.54 Å². The lowest BCUT2D eigenvalue weighted by Crippen LogP contribution is -2.13. The van der Waals surface area contributed by atoms with E-state index in [1.165, 1.54) is 0 Å². The van der Waals surface area contributed by atoms with Crippen LogP contribution >= 0.6 is 0 Å². The molecule has 7 nitrogen and oxygen atoms in total. The molecule has 0 bridgehead atoms. The summed E-state index contributed by atoms with van der Waals surface area (Å²) in [6, 6.07) is 16.3. The highest BCUT2D eigenvalue weighted by Crippen LogP contribution is 2.30. The molecule has 150 valence electrons. The summed E-state index contributed by atoms with van der Waals surface area (Å²) in [6.45, 7) is 0.581.